The number of Topliss-reactive ketones (excluding diaryl/α,β-unsaturated/α-hetero) is 2. The topological polar surface area (TPSA) is 202 Å². The van der Waals surface area contributed by atoms with Gasteiger partial charge in [-0.15, -0.1) is 0 Å². The van der Waals surface area contributed by atoms with Crippen molar-refractivity contribution in [2.75, 3.05) is 13.2 Å². The highest BCUT2D eigenvalue weighted by Gasteiger charge is 2.24. The second-order valence-electron chi connectivity index (χ2n) is 12.2. The van der Waals surface area contributed by atoms with E-state index in [0.717, 1.165) is 15.2 Å². The molecular formula is C29H43N7O9Si. The van der Waals surface area contributed by atoms with E-state index in [9.17, 15) is 33.9 Å². The highest BCUT2D eigenvalue weighted by molar-refractivity contribution is 6.76. The van der Waals surface area contributed by atoms with Crippen LogP contribution >= 0.6 is 0 Å². The molecule has 3 aromatic rings. The van der Waals surface area contributed by atoms with E-state index < -0.39 is 37.2 Å². The van der Waals surface area contributed by atoms with Crippen LogP contribution in [0.1, 0.15) is 38.1 Å². The Morgan fingerprint density at radius 3 is 1.93 bits per heavy atom. The van der Waals surface area contributed by atoms with Crippen LogP contribution in [0.2, 0.25) is 25.7 Å². The number of aromatic nitrogens is 6. The van der Waals surface area contributed by atoms with Gasteiger partial charge in [0.1, 0.15) is 25.0 Å². The van der Waals surface area contributed by atoms with Crippen molar-refractivity contribution in [3.63, 3.8) is 0 Å². The van der Waals surface area contributed by atoms with Gasteiger partial charge in [-0.25, -0.2) is 19.6 Å². The first-order valence-electron chi connectivity index (χ1n) is 15.0. The minimum atomic E-state index is -1.26. The third-order valence-corrected chi connectivity index (χ3v) is 9.27. The largest absolute Gasteiger partial charge is 0.390 e. The normalized spacial score (nSPS) is 12.6. The predicted octanol–water partition coefficient (Wildman–Crippen LogP) is -0.173. The Labute approximate surface area is 265 Å². The first-order chi connectivity index (χ1) is 21.6. The lowest BCUT2D eigenvalue weighted by atomic mass is 10.2. The summed E-state index contributed by atoms with van der Waals surface area (Å²) in [4.78, 5) is 81.1. The molecule has 0 spiro atoms. The molecule has 3 aromatic heterocycles. The van der Waals surface area contributed by atoms with Crippen LogP contribution in [0.3, 0.4) is 0 Å². The van der Waals surface area contributed by atoms with Gasteiger partial charge in [0.05, 0.1) is 31.0 Å². The van der Waals surface area contributed by atoms with E-state index in [0.29, 0.717) is 17.9 Å². The van der Waals surface area contributed by atoms with Gasteiger partial charge in [0.15, 0.2) is 22.7 Å². The van der Waals surface area contributed by atoms with Crippen LogP contribution in [-0.2, 0) is 61.3 Å². The molecule has 0 amide bonds. The van der Waals surface area contributed by atoms with Crippen molar-refractivity contribution >= 4 is 42.3 Å². The molecule has 0 unspecified atom stereocenters. The molecule has 1 aliphatic heterocycles. The van der Waals surface area contributed by atoms with Crippen molar-refractivity contribution in [1.82, 2.24) is 27.8 Å². The van der Waals surface area contributed by atoms with Crippen molar-refractivity contribution in [2.45, 2.75) is 85.2 Å². The summed E-state index contributed by atoms with van der Waals surface area (Å²) >= 11 is 0. The molecule has 0 aliphatic carbocycles. The van der Waals surface area contributed by atoms with Crippen molar-refractivity contribution in [3.05, 3.63) is 53.1 Å². The number of carbonyl (C=O) groups is 2. The summed E-state index contributed by atoms with van der Waals surface area (Å²) in [6.45, 7) is 9.50. The van der Waals surface area contributed by atoms with Gasteiger partial charge in [-0.05, 0) is 6.04 Å². The first kappa shape index (κ1) is 36.4. The quantitative estimate of drug-likeness (QED) is 0.183. The molecule has 1 aliphatic rings. The minimum Gasteiger partial charge on any atom is -0.390 e. The average molecular weight is 662 g/mol. The maximum absolute atomic E-state index is 12.9. The summed E-state index contributed by atoms with van der Waals surface area (Å²) in [5.74, 6) is 0.123. The zero-order chi connectivity index (χ0) is 34.5. The molecule has 252 valence electrons. The Morgan fingerprint density at radius 2 is 1.41 bits per heavy atom. The van der Waals surface area contributed by atoms with Crippen molar-refractivity contribution in [2.24, 2.45) is 19.1 Å². The van der Waals surface area contributed by atoms with Crippen molar-refractivity contribution in [1.29, 1.82) is 0 Å². The van der Waals surface area contributed by atoms with Gasteiger partial charge in [-0.1, -0.05) is 33.5 Å². The van der Waals surface area contributed by atoms with Gasteiger partial charge < -0.3 is 14.9 Å². The van der Waals surface area contributed by atoms with E-state index in [1.165, 1.54) is 27.8 Å². The average Bonchev–Trinajstić information content (AvgIpc) is 3.63. The van der Waals surface area contributed by atoms with Gasteiger partial charge in [0.25, 0.3) is 11.1 Å². The highest BCUT2D eigenvalue weighted by atomic mass is 28.3. The molecule has 4 rings (SSSR count). The molecule has 46 heavy (non-hydrogen) atoms. The number of aliphatic hydroxyl groups excluding tert-OH is 2. The van der Waals surface area contributed by atoms with Crippen LogP contribution in [0, 0.1) is 0 Å². The molecule has 0 radical (unpaired) electrons. The van der Waals surface area contributed by atoms with Crippen LogP contribution in [0.4, 0.5) is 5.82 Å². The number of nitrogens with zero attached hydrogens (tertiary/aromatic N) is 7. The third kappa shape index (κ3) is 7.83. The Bertz CT molecular complexity index is 1910. The summed E-state index contributed by atoms with van der Waals surface area (Å²) in [5.41, 5.74) is -1.14. The minimum absolute atomic E-state index is 0.0477. The molecule has 0 fully saturated rings. The lowest BCUT2D eigenvalue weighted by Crippen LogP contribution is -2.41. The van der Waals surface area contributed by atoms with Gasteiger partial charge in [-0.3, -0.25) is 42.0 Å². The molecule has 0 saturated carbocycles. The van der Waals surface area contributed by atoms with Crippen LogP contribution in [0.5, 0.6) is 0 Å². The number of aliphatic imine (C=N–C) groups is 1. The number of imidazole rings is 1. The fourth-order valence-electron chi connectivity index (χ4n) is 4.67. The Hall–Kier alpha value is -4.06. The van der Waals surface area contributed by atoms with E-state index in [1.54, 1.807) is 13.8 Å². The number of hydrogen-bond acceptors (Lipinski definition) is 11. The smallest absolute Gasteiger partial charge is 0.332 e. The van der Waals surface area contributed by atoms with Crippen molar-refractivity contribution < 1.29 is 24.5 Å². The highest BCUT2D eigenvalue weighted by Crippen LogP contribution is 2.21. The summed E-state index contributed by atoms with van der Waals surface area (Å²) in [7, 11) is 1.72. The monoisotopic (exact) mass is 661 g/mol. The number of ether oxygens (including phenoxy) is 1. The maximum atomic E-state index is 12.9. The Kier molecular flexibility index (Phi) is 11.9. The molecule has 0 saturated heterocycles. The fourth-order valence-corrected chi connectivity index (χ4v) is 5.42. The summed E-state index contributed by atoms with van der Waals surface area (Å²) in [6, 6.07) is 0.960. The molecule has 0 aromatic carbocycles. The lowest BCUT2D eigenvalue weighted by Gasteiger charge is -2.16. The molecule has 0 atom stereocenters. The number of aryl methyl sites for hydroxylation is 1. The van der Waals surface area contributed by atoms with E-state index in [4.69, 9.17) is 9.84 Å². The van der Waals surface area contributed by atoms with Crippen LogP contribution < -0.4 is 22.5 Å². The maximum Gasteiger partial charge on any atom is 0.332 e. The standard InChI is InChI=1S/C17H28N4O5Si.C12H15N3O4/c1-6-12(23)9-20-16(24)14-15(19(2)17(20)25)18-13(10-22)21(14)11-26-7-8-27(3,4)5;1-3-8(17)5-15-11(18)9-4-7(6-16)13-10(9)14(2)12(15)19/h22H,6-11H2,1-5H3;16H,3-6H2,1-2H3. The molecule has 16 nitrogen and oxygen atoms in total. The lowest BCUT2D eigenvalue weighted by molar-refractivity contribution is -0.120. The van der Waals surface area contributed by atoms with Gasteiger partial charge >= 0.3 is 11.4 Å². The second kappa shape index (κ2) is 15.0. The molecule has 4 heterocycles. The number of fused-ring (bicyclic) bond motifs is 2. The van der Waals surface area contributed by atoms with Crippen LogP contribution in [0.25, 0.3) is 11.2 Å². The van der Waals surface area contributed by atoms with E-state index >= 15 is 0 Å². The van der Waals surface area contributed by atoms with E-state index in [-0.39, 0.29) is 80.1 Å². The van der Waals surface area contributed by atoms with Gasteiger partial charge in [0.2, 0.25) is 0 Å². The number of aliphatic hydroxyl groups is 2. The number of rotatable bonds is 13. The molecular weight excluding hydrogens is 618 g/mol. The van der Waals surface area contributed by atoms with Crippen molar-refractivity contribution in [3.8, 4) is 0 Å². The van der Waals surface area contributed by atoms with Crippen LogP contribution in [0.15, 0.2) is 24.2 Å². The number of carbonyl (C=O) groups excluding carboxylic acids is 2. The third-order valence-electron chi connectivity index (χ3n) is 7.56. The van der Waals surface area contributed by atoms with E-state index in [1.807, 2.05) is 0 Å². The summed E-state index contributed by atoms with van der Waals surface area (Å²) in [6.07, 6.45) is 0.721. The molecule has 0 bridgehead atoms. The number of hydrogen-bond donors (Lipinski definition) is 2. The summed E-state index contributed by atoms with van der Waals surface area (Å²) < 4.78 is 11.5. The summed E-state index contributed by atoms with van der Waals surface area (Å²) in [5, 5.41) is 18.7. The number of ketones is 2. The van der Waals surface area contributed by atoms with Crippen LogP contribution in [-0.4, -0.2) is 76.6 Å². The fraction of sp³-hybridized carbons (Fsp3) is 0.586. The molecule has 17 heteroatoms. The zero-order valence-electron chi connectivity index (χ0n) is 27.5. The SMILES string of the molecule is CCC(=O)Cn1c(=O)c2c(n(C)c1=O)N=C(CO)C2.CCC(=O)Cn1c(=O)c2c(nc(CO)n2COCC[Si](C)(C)C)n(C)c1=O. The Balaban J connectivity index is 0.000000266. The Morgan fingerprint density at radius 1 is 0.848 bits per heavy atom. The van der Waals surface area contributed by atoms with Gasteiger partial charge in [-0.2, -0.15) is 0 Å². The first-order valence-corrected chi connectivity index (χ1v) is 18.7. The predicted molar refractivity (Wildman–Crippen MR) is 174 cm³/mol. The van der Waals surface area contributed by atoms with E-state index in [2.05, 4.69) is 29.6 Å². The van der Waals surface area contributed by atoms with Gasteiger partial charge in [0, 0.05) is 48.0 Å². The zero-order valence-corrected chi connectivity index (χ0v) is 28.5. The molecule has 2 N–H and O–H groups in total. The second-order valence-corrected chi connectivity index (χ2v) is 17.8.